The maximum atomic E-state index is 11.8. The minimum Gasteiger partial charge on any atom is -0.493 e. The highest BCUT2D eigenvalue weighted by Crippen LogP contribution is 2.33. The molecule has 0 fully saturated rings. The molecule has 124 valence electrons. The summed E-state index contributed by atoms with van der Waals surface area (Å²) < 4.78 is 10.5. The summed E-state index contributed by atoms with van der Waals surface area (Å²) in [6, 6.07) is 5.62. The molecule has 7 heteroatoms. The molecule has 0 radical (unpaired) electrons. The van der Waals surface area contributed by atoms with Crippen molar-refractivity contribution in [2.75, 3.05) is 33.1 Å². The molecule has 2 aromatic rings. The molecule has 0 unspecified atom stereocenters. The van der Waals surface area contributed by atoms with Crippen LogP contribution in [0.4, 0.5) is 5.13 Å². The van der Waals surface area contributed by atoms with Gasteiger partial charge in [-0.1, -0.05) is 0 Å². The fourth-order valence-electron chi connectivity index (χ4n) is 2.07. The minimum absolute atomic E-state index is 0.0199. The van der Waals surface area contributed by atoms with Gasteiger partial charge in [-0.2, -0.15) is 0 Å². The normalized spacial score (nSPS) is 10.4. The Labute approximate surface area is 139 Å². The van der Waals surface area contributed by atoms with Crippen molar-refractivity contribution in [1.29, 1.82) is 0 Å². The molecular weight excluding hydrogens is 314 g/mol. The molecule has 0 saturated carbocycles. The molecule has 2 rings (SSSR count). The summed E-state index contributed by atoms with van der Waals surface area (Å²) in [4.78, 5) is 16.3. The van der Waals surface area contributed by atoms with Crippen LogP contribution in [0.1, 0.15) is 12.8 Å². The average Bonchev–Trinajstić information content (AvgIpc) is 3.02. The van der Waals surface area contributed by atoms with E-state index in [-0.39, 0.29) is 5.91 Å². The van der Waals surface area contributed by atoms with Crippen molar-refractivity contribution in [2.24, 2.45) is 0 Å². The number of hydrogen-bond acceptors (Lipinski definition) is 6. The second-order valence-electron chi connectivity index (χ2n) is 4.86. The van der Waals surface area contributed by atoms with Gasteiger partial charge in [0.05, 0.1) is 19.9 Å². The molecule has 6 nitrogen and oxygen atoms in total. The summed E-state index contributed by atoms with van der Waals surface area (Å²) in [5, 5.41) is 8.35. The van der Waals surface area contributed by atoms with E-state index in [4.69, 9.17) is 9.47 Å². The van der Waals surface area contributed by atoms with Crippen LogP contribution in [-0.4, -0.2) is 38.7 Å². The Morgan fingerprint density at radius 3 is 2.74 bits per heavy atom. The van der Waals surface area contributed by atoms with Gasteiger partial charge in [-0.15, -0.1) is 11.3 Å². The number of carbonyl (C=O) groups is 1. The van der Waals surface area contributed by atoms with E-state index in [1.165, 1.54) is 11.3 Å². The molecule has 0 saturated heterocycles. The molecule has 23 heavy (non-hydrogen) atoms. The van der Waals surface area contributed by atoms with Gasteiger partial charge in [0, 0.05) is 17.4 Å². The summed E-state index contributed by atoms with van der Waals surface area (Å²) in [5.41, 5.74) is 1.70. The van der Waals surface area contributed by atoms with E-state index < -0.39 is 0 Å². The number of benzene rings is 1. The smallest absolute Gasteiger partial charge is 0.226 e. The lowest BCUT2D eigenvalue weighted by Gasteiger charge is -2.08. The van der Waals surface area contributed by atoms with Crippen molar-refractivity contribution >= 4 is 22.4 Å². The zero-order chi connectivity index (χ0) is 16.7. The van der Waals surface area contributed by atoms with Crippen LogP contribution in [-0.2, 0) is 4.79 Å². The minimum atomic E-state index is -0.0199. The summed E-state index contributed by atoms with van der Waals surface area (Å²) >= 11 is 1.40. The molecule has 1 aromatic heterocycles. The largest absolute Gasteiger partial charge is 0.493 e. The van der Waals surface area contributed by atoms with Crippen LogP contribution in [0.15, 0.2) is 23.6 Å². The second-order valence-corrected chi connectivity index (χ2v) is 5.72. The standard InChI is InChI=1S/C16H21N3O3S/c1-17-8-4-5-15(20)19-16-18-12(10-23-16)11-6-7-13(21-2)14(9-11)22-3/h6-7,9-10,17H,4-5,8H2,1-3H3,(H,18,19,20). The SMILES string of the molecule is CNCCCC(=O)Nc1nc(-c2ccc(OC)c(OC)c2)cs1. The lowest BCUT2D eigenvalue weighted by Crippen LogP contribution is -2.15. The number of rotatable bonds is 8. The first kappa shape index (κ1) is 17.2. The Bertz CT molecular complexity index is 658. The lowest BCUT2D eigenvalue weighted by atomic mass is 10.1. The molecule has 1 heterocycles. The van der Waals surface area contributed by atoms with Gasteiger partial charge in [0.2, 0.25) is 5.91 Å². The van der Waals surface area contributed by atoms with Crippen LogP contribution < -0.4 is 20.1 Å². The molecule has 0 atom stereocenters. The number of aromatic nitrogens is 1. The van der Waals surface area contributed by atoms with Crippen LogP contribution >= 0.6 is 11.3 Å². The van der Waals surface area contributed by atoms with E-state index >= 15 is 0 Å². The number of nitrogens with zero attached hydrogens (tertiary/aromatic N) is 1. The van der Waals surface area contributed by atoms with Crippen molar-refractivity contribution in [3.05, 3.63) is 23.6 Å². The third-order valence-corrected chi connectivity index (χ3v) is 4.02. The van der Waals surface area contributed by atoms with Crippen molar-refractivity contribution in [3.63, 3.8) is 0 Å². The highest BCUT2D eigenvalue weighted by Gasteiger charge is 2.10. The van der Waals surface area contributed by atoms with Gasteiger partial charge >= 0.3 is 0 Å². The Morgan fingerprint density at radius 2 is 2.04 bits per heavy atom. The van der Waals surface area contributed by atoms with E-state index in [2.05, 4.69) is 15.6 Å². The fraction of sp³-hybridized carbons (Fsp3) is 0.375. The number of anilines is 1. The van der Waals surface area contributed by atoms with Crippen LogP contribution in [0.25, 0.3) is 11.3 Å². The topological polar surface area (TPSA) is 72.5 Å². The van der Waals surface area contributed by atoms with Crippen molar-refractivity contribution in [2.45, 2.75) is 12.8 Å². The number of thiazole rings is 1. The van der Waals surface area contributed by atoms with E-state index in [0.29, 0.717) is 23.1 Å². The van der Waals surface area contributed by atoms with E-state index in [0.717, 1.165) is 24.2 Å². The first-order chi connectivity index (χ1) is 11.2. The van der Waals surface area contributed by atoms with Crippen molar-refractivity contribution in [3.8, 4) is 22.8 Å². The number of methoxy groups -OCH3 is 2. The zero-order valence-corrected chi connectivity index (χ0v) is 14.3. The van der Waals surface area contributed by atoms with Gasteiger partial charge in [-0.25, -0.2) is 4.98 Å². The maximum absolute atomic E-state index is 11.8. The van der Waals surface area contributed by atoms with Gasteiger partial charge in [0.25, 0.3) is 0 Å². The Kier molecular flexibility index (Phi) is 6.37. The first-order valence-corrected chi connectivity index (χ1v) is 8.18. The number of amides is 1. The fourth-order valence-corrected chi connectivity index (χ4v) is 2.80. The second kappa shape index (κ2) is 8.50. The van der Waals surface area contributed by atoms with Crippen LogP contribution in [0.3, 0.4) is 0 Å². The van der Waals surface area contributed by atoms with E-state index in [1.807, 2.05) is 30.6 Å². The highest BCUT2D eigenvalue weighted by atomic mass is 32.1. The third kappa shape index (κ3) is 4.67. The Morgan fingerprint density at radius 1 is 1.26 bits per heavy atom. The Balaban J connectivity index is 2.05. The summed E-state index contributed by atoms with van der Waals surface area (Å²) in [6.07, 6.45) is 1.28. The quantitative estimate of drug-likeness (QED) is 0.726. The first-order valence-electron chi connectivity index (χ1n) is 7.30. The van der Waals surface area contributed by atoms with Gasteiger partial charge in [-0.05, 0) is 38.2 Å². The lowest BCUT2D eigenvalue weighted by molar-refractivity contribution is -0.116. The third-order valence-electron chi connectivity index (χ3n) is 3.26. The monoisotopic (exact) mass is 335 g/mol. The van der Waals surface area contributed by atoms with Gasteiger partial charge in [0.1, 0.15) is 0 Å². The molecule has 0 bridgehead atoms. The summed E-state index contributed by atoms with van der Waals surface area (Å²) in [5.74, 6) is 1.30. The predicted octanol–water partition coefficient (Wildman–Crippen LogP) is 2.77. The molecule has 0 aliphatic carbocycles. The van der Waals surface area contributed by atoms with Crippen LogP contribution in [0, 0.1) is 0 Å². The van der Waals surface area contributed by atoms with Gasteiger partial charge in [-0.3, -0.25) is 4.79 Å². The molecule has 0 spiro atoms. The van der Waals surface area contributed by atoms with Crippen molar-refractivity contribution in [1.82, 2.24) is 10.3 Å². The maximum Gasteiger partial charge on any atom is 0.226 e. The molecule has 0 aliphatic rings. The number of hydrogen-bond donors (Lipinski definition) is 2. The van der Waals surface area contributed by atoms with E-state index in [1.54, 1.807) is 14.2 Å². The highest BCUT2D eigenvalue weighted by molar-refractivity contribution is 7.14. The molecule has 1 aromatic carbocycles. The summed E-state index contributed by atoms with van der Waals surface area (Å²) in [7, 11) is 5.07. The zero-order valence-electron chi connectivity index (χ0n) is 13.5. The van der Waals surface area contributed by atoms with Gasteiger partial charge in [0.15, 0.2) is 16.6 Å². The number of ether oxygens (including phenoxy) is 2. The molecule has 0 aliphatic heterocycles. The van der Waals surface area contributed by atoms with Crippen LogP contribution in [0.5, 0.6) is 11.5 Å². The number of nitrogens with one attached hydrogen (secondary N) is 2. The predicted molar refractivity (Wildman–Crippen MR) is 92.4 cm³/mol. The van der Waals surface area contributed by atoms with Gasteiger partial charge < -0.3 is 20.1 Å². The molecule has 1 amide bonds. The molecule has 2 N–H and O–H groups in total. The average molecular weight is 335 g/mol. The van der Waals surface area contributed by atoms with Crippen LogP contribution in [0.2, 0.25) is 0 Å². The van der Waals surface area contributed by atoms with Crippen molar-refractivity contribution < 1.29 is 14.3 Å². The van der Waals surface area contributed by atoms with E-state index in [9.17, 15) is 4.79 Å². The Hall–Kier alpha value is -2.12. The number of carbonyl (C=O) groups excluding carboxylic acids is 1. The summed E-state index contributed by atoms with van der Waals surface area (Å²) in [6.45, 7) is 0.822. The molecular formula is C16H21N3O3S.